The van der Waals surface area contributed by atoms with Crippen LogP contribution in [0, 0.1) is 0 Å². The Morgan fingerprint density at radius 3 is 2.50 bits per heavy atom. The van der Waals surface area contributed by atoms with Gasteiger partial charge in [0.15, 0.2) is 0 Å². The summed E-state index contributed by atoms with van der Waals surface area (Å²) in [6, 6.07) is 12.3. The molecular weight excluding hydrogens is 449 g/mol. The lowest BCUT2D eigenvalue weighted by atomic mass is 10.2. The predicted octanol–water partition coefficient (Wildman–Crippen LogP) is 5.17. The van der Waals surface area contributed by atoms with Crippen LogP contribution in [0.1, 0.15) is 18.1 Å². The third-order valence-corrected chi connectivity index (χ3v) is 5.68. The van der Waals surface area contributed by atoms with Crippen molar-refractivity contribution < 1.29 is 23.9 Å². The first-order valence-corrected chi connectivity index (χ1v) is 10.5. The summed E-state index contributed by atoms with van der Waals surface area (Å²) in [7, 11) is 0. The van der Waals surface area contributed by atoms with Gasteiger partial charge in [0.05, 0.1) is 21.6 Å². The molecule has 156 valence electrons. The van der Waals surface area contributed by atoms with Crippen LogP contribution in [0.25, 0.3) is 6.08 Å². The van der Waals surface area contributed by atoms with E-state index in [1.54, 1.807) is 49.4 Å². The fourth-order valence-corrected chi connectivity index (χ4v) is 3.74. The topological polar surface area (TPSA) is 72.9 Å². The number of hydrogen-bond donors (Lipinski definition) is 0. The second-order valence-corrected chi connectivity index (χ2v) is 7.99. The molecule has 1 saturated heterocycles. The smallest absolute Gasteiger partial charge is 0.326 e. The van der Waals surface area contributed by atoms with Crippen LogP contribution in [-0.4, -0.2) is 35.2 Å². The molecular formula is C21H17Cl2NO5S. The molecule has 2 aromatic rings. The SMILES string of the molecule is CCOC(=O)CN1C(=O)S/C(=C/c2ccc(OCc3ccc(Cl)c(Cl)c3)cc2)C1=O. The predicted molar refractivity (Wildman–Crippen MR) is 117 cm³/mol. The van der Waals surface area contributed by atoms with Crippen LogP contribution in [0.4, 0.5) is 4.79 Å². The van der Waals surface area contributed by atoms with Gasteiger partial charge in [0.2, 0.25) is 0 Å². The van der Waals surface area contributed by atoms with Gasteiger partial charge >= 0.3 is 5.97 Å². The Bertz CT molecular complexity index is 1010. The number of benzene rings is 2. The van der Waals surface area contributed by atoms with Crippen molar-refractivity contribution in [2.75, 3.05) is 13.2 Å². The maximum Gasteiger partial charge on any atom is 0.326 e. The molecule has 6 nitrogen and oxygen atoms in total. The van der Waals surface area contributed by atoms with Crippen molar-refractivity contribution in [1.29, 1.82) is 0 Å². The van der Waals surface area contributed by atoms with Crippen molar-refractivity contribution in [3.05, 3.63) is 68.5 Å². The molecule has 2 aromatic carbocycles. The maximum atomic E-state index is 12.4. The van der Waals surface area contributed by atoms with E-state index in [2.05, 4.69) is 0 Å². The minimum Gasteiger partial charge on any atom is -0.489 e. The molecule has 1 heterocycles. The number of nitrogens with zero attached hydrogens (tertiary/aromatic N) is 1. The second kappa shape index (κ2) is 10.0. The molecule has 0 N–H and O–H groups in total. The molecule has 0 unspecified atom stereocenters. The first-order valence-electron chi connectivity index (χ1n) is 8.95. The maximum absolute atomic E-state index is 12.4. The Hall–Kier alpha value is -2.48. The number of carbonyl (C=O) groups is 3. The molecule has 2 amide bonds. The summed E-state index contributed by atoms with van der Waals surface area (Å²) in [4.78, 5) is 37.1. The van der Waals surface area contributed by atoms with Crippen LogP contribution in [-0.2, 0) is 20.9 Å². The molecule has 0 atom stereocenters. The molecule has 0 bridgehead atoms. The molecule has 0 aliphatic carbocycles. The Kier molecular flexibility index (Phi) is 7.42. The quantitative estimate of drug-likeness (QED) is 0.414. The van der Waals surface area contributed by atoms with Crippen molar-refractivity contribution in [3.8, 4) is 5.75 Å². The summed E-state index contributed by atoms with van der Waals surface area (Å²) in [5, 5.41) is 0.447. The van der Waals surface area contributed by atoms with E-state index in [0.29, 0.717) is 22.4 Å². The highest BCUT2D eigenvalue weighted by Crippen LogP contribution is 2.32. The average molecular weight is 466 g/mol. The number of halogens is 2. The van der Waals surface area contributed by atoms with Crippen molar-refractivity contribution in [2.45, 2.75) is 13.5 Å². The van der Waals surface area contributed by atoms with Gasteiger partial charge in [-0.05, 0) is 60.2 Å². The Balaban J connectivity index is 1.62. The first kappa shape index (κ1) is 22.2. The molecule has 0 radical (unpaired) electrons. The summed E-state index contributed by atoms with van der Waals surface area (Å²) in [5.41, 5.74) is 1.60. The standard InChI is InChI=1S/C21H17Cl2NO5S/c1-2-28-19(25)11-24-20(26)18(30-21(24)27)10-13-3-6-15(7-4-13)29-12-14-5-8-16(22)17(23)9-14/h3-10H,2,11-12H2,1H3/b18-10+. The van der Waals surface area contributed by atoms with Crippen LogP contribution in [0.5, 0.6) is 5.75 Å². The first-order chi connectivity index (χ1) is 14.4. The number of carbonyl (C=O) groups excluding carboxylic acids is 3. The average Bonchev–Trinajstić information content (AvgIpc) is 2.97. The molecule has 0 aromatic heterocycles. The van der Waals surface area contributed by atoms with E-state index < -0.39 is 23.7 Å². The molecule has 0 saturated carbocycles. The van der Waals surface area contributed by atoms with E-state index in [0.717, 1.165) is 27.8 Å². The van der Waals surface area contributed by atoms with E-state index in [9.17, 15) is 14.4 Å². The van der Waals surface area contributed by atoms with Crippen LogP contribution < -0.4 is 4.74 Å². The molecule has 30 heavy (non-hydrogen) atoms. The molecule has 1 aliphatic rings. The van der Waals surface area contributed by atoms with Crippen LogP contribution in [0.15, 0.2) is 47.4 Å². The fourth-order valence-electron chi connectivity index (χ4n) is 2.58. The van der Waals surface area contributed by atoms with Crippen LogP contribution >= 0.6 is 35.0 Å². The number of hydrogen-bond acceptors (Lipinski definition) is 6. The number of imide groups is 1. The zero-order chi connectivity index (χ0) is 21.7. The van der Waals surface area contributed by atoms with Gasteiger partial charge in [-0.15, -0.1) is 0 Å². The van der Waals surface area contributed by atoms with Gasteiger partial charge in [-0.2, -0.15) is 0 Å². The normalized spacial score (nSPS) is 15.0. The third kappa shape index (κ3) is 5.56. The summed E-state index contributed by atoms with van der Waals surface area (Å²) in [5.74, 6) is -0.504. The largest absolute Gasteiger partial charge is 0.489 e. The van der Waals surface area contributed by atoms with Gasteiger partial charge in [-0.1, -0.05) is 41.4 Å². The number of esters is 1. The van der Waals surface area contributed by atoms with Gasteiger partial charge in [-0.3, -0.25) is 19.3 Å². The summed E-state index contributed by atoms with van der Waals surface area (Å²) in [6.07, 6.45) is 1.60. The van der Waals surface area contributed by atoms with Gasteiger partial charge < -0.3 is 9.47 Å². The van der Waals surface area contributed by atoms with Crippen LogP contribution in [0.3, 0.4) is 0 Å². The van der Waals surface area contributed by atoms with Crippen molar-refractivity contribution in [2.24, 2.45) is 0 Å². The van der Waals surface area contributed by atoms with Crippen molar-refractivity contribution >= 4 is 58.2 Å². The van der Waals surface area contributed by atoms with E-state index in [1.807, 2.05) is 6.07 Å². The minimum absolute atomic E-state index is 0.185. The number of rotatable bonds is 7. The van der Waals surface area contributed by atoms with E-state index in [-0.39, 0.29) is 11.5 Å². The van der Waals surface area contributed by atoms with E-state index >= 15 is 0 Å². The highest BCUT2D eigenvalue weighted by atomic mass is 35.5. The Morgan fingerprint density at radius 1 is 1.10 bits per heavy atom. The third-order valence-electron chi connectivity index (χ3n) is 4.03. The fraction of sp³-hybridized carbons (Fsp3) is 0.190. The van der Waals surface area contributed by atoms with E-state index in [4.69, 9.17) is 32.7 Å². The molecule has 1 aliphatic heterocycles. The lowest BCUT2D eigenvalue weighted by molar-refractivity contribution is -0.145. The lowest BCUT2D eigenvalue weighted by Gasteiger charge is -2.10. The number of thioether (sulfide) groups is 1. The van der Waals surface area contributed by atoms with E-state index in [1.165, 1.54) is 0 Å². The number of ether oxygens (including phenoxy) is 2. The zero-order valence-electron chi connectivity index (χ0n) is 15.9. The van der Waals surface area contributed by atoms with Crippen molar-refractivity contribution in [1.82, 2.24) is 4.90 Å². The van der Waals surface area contributed by atoms with Gasteiger partial charge in [-0.25, -0.2) is 0 Å². The number of amides is 2. The Labute approximate surface area is 187 Å². The monoisotopic (exact) mass is 465 g/mol. The van der Waals surface area contributed by atoms with Crippen molar-refractivity contribution in [3.63, 3.8) is 0 Å². The van der Waals surface area contributed by atoms with Gasteiger partial charge in [0.1, 0.15) is 18.9 Å². The summed E-state index contributed by atoms with van der Waals surface area (Å²) in [6.45, 7) is 1.77. The Morgan fingerprint density at radius 2 is 1.83 bits per heavy atom. The molecule has 9 heteroatoms. The highest BCUT2D eigenvalue weighted by molar-refractivity contribution is 8.18. The van der Waals surface area contributed by atoms with Gasteiger partial charge in [0, 0.05) is 0 Å². The molecule has 3 rings (SSSR count). The zero-order valence-corrected chi connectivity index (χ0v) is 18.2. The highest BCUT2D eigenvalue weighted by Gasteiger charge is 2.36. The summed E-state index contributed by atoms with van der Waals surface area (Å²) < 4.78 is 10.5. The molecule has 0 spiro atoms. The second-order valence-electron chi connectivity index (χ2n) is 6.18. The van der Waals surface area contributed by atoms with Gasteiger partial charge in [0.25, 0.3) is 11.1 Å². The minimum atomic E-state index is -0.621. The lowest BCUT2D eigenvalue weighted by Crippen LogP contribution is -2.34. The molecule has 1 fully saturated rings. The summed E-state index contributed by atoms with van der Waals surface area (Å²) >= 11 is 12.7. The van der Waals surface area contributed by atoms with Crippen LogP contribution in [0.2, 0.25) is 10.0 Å².